The van der Waals surface area contributed by atoms with Crippen molar-refractivity contribution in [3.8, 4) is 0 Å². The van der Waals surface area contributed by atoms with Crippen LogP contribution in [-0.4, -0.2) is 0 Å². The summed E-state index contributed by atoms with van der Waals surface area (Å²) in [4.78, 5) is 0. The zero-order valence-corrected chi connectivity index (χ0v) is 12.5. The van der Waals surface area contributed by atoms with Crippen molar-refractivity contribution in [3.63, 3.8) is 0 Å². The maximum atomic E-state index is 13.9. The Morgan fingerprint density at radius 3 is 2.58 bits per heavy atom. The maximum Gasteiger partial charge on any atom is 0.163 e. The van der Waals surface area contributed by atoms with Gasteiger partial charge in [0, 0.05) is 14.2 Å². The molecule has 0 aromatic heterocycles. The molecule has 0 aliphatic rings. The molecule has 0 aliphatic heterocycles. The number of benzene rings is 2. The minimum absolute atomic E-state index is 0.141. The molecule has 0 fully saturated rings. The molecule has 2 aromatic rings. The van der Waals surface area contributed by atoms with Gasteiger partial charge in [0.1, 0.15) is 0 Å². The van der Waals surface area contributed by atoms with E-state index in [0.717, 1.165) is 9.64 Å². The Bertz CT molecular complexity index is 605. The SMILES string of the molecule is NNC(c1cc(Cl)ccc1I)c1cccc(F)c1F. The van der Waals surface area contributed by atoms with Crippen molar-refractivity contribution in [1.82, 2.24) is 5.43 Å². The average Bonchev–Trinajstić information content (AvgIpc) is 2.39. The van der Waals surface area contributed by atoms with E-state index in [1.165, 1.54) is 12.1 Å². The zero-order chi connectivity index (χ0) is 14.0. The summed E-state index contributed by atoms with van der Waals surface area (Å²) < 4.78 is 28.0. The van der Waals surface area contributed by atoms with E-state index in [2.05, 4.69) is 28.0 Å². The van der Waals surface area contributed by atoms with Crippen LogP contribution in [0, 0.1) is 15.2 Å². The van der Waals surface area contributed by atoms with Crippen LogP contribution >= 0.6 is 34.2 Å². The molecule has 0 amide bonds. The number of nitrogens with one attached hydrogen (secondary N) is 1. The van der Waals surface area contributed by atoms with Crippen LogP contribution in [0.5, 0.6) is 0 Å². The molecular formula is C13H10ClF2IN2. The lowest BCUT2D eigenvalue weighted by Crippen LogP contribution is -2.30. The van der Waals surface area contributed by atoms with Gasteiger partial charge < -0.3 is 0 Å². The number of nitrogens with two attached hydrogens (primary N) is 1. The van der Waals surface area contributed by atoms with Crippen LogP contribution in [0.3, 0.4) is 0 Å². The Labute approximate surface area is 128 Å². The molecule has 2 rings (SSSR count). The first-order chi connectivity index (χ1) is 9.04. The van der Waals surface area contributed by atoms with Crippen molar-refractivity contribution >= 4 is 34.2 Å². The molecule has 0 saturated heterocycles. The average molecular weight is 395 g/mol. The minimum atomic E-state index is -0.916. The second-order valence-corrected chi connectivity index (χ2v) is 5.51. The first-order valence-corrected chi connectivity index (χ1v) is 6.85. The van der Waals surface area contributed by atoms with Gasteiger partial charge in [-0.3, -0.25) is 5.84 Å². The molecule has 19 heavy (non-hydrogen) atoms. The van der Waals surface area contributed by atoms with E-state index < -0.39 is 17.7 Å². The third-order valence-corrected chi connectivity index (χ3v) is 3.95. The third-order valence-electron chi connectivity index (χ3n) is 2.73. The second-order valence-electron chi connectivity index (χ2n) is 3.91. The summed E-state index contributed by atoms with van der Waals surface area (Å²) in [5, 5.41) is 0.507. The van der Waals surface area contributed by atoms with Gasteiger partial charge in [0.25, 0.3) is 0 Å². The van der Waals surface area contributed by atoms with E-state index in [-0.39, 0.29) is 5.56 Å². The fourth-order valence-electron chi connectivity index (χ4n) is 1.83. The monoisotopic (exact) mass is 394 g/mol. The lowest BCUT2D eigenvalue weighted by atomic mass is 9.98. The lowest BCUT2D eigenvalue weighted by Gasteiger charge is -2.19. The summed E-state index contributed by atoms with van der Waals surface area (Å²) in [6.45, 7) is 0. The van der Waals surface area contributed by atoms with E-state index >= 15 is 0 Å². The Morgan fingerprint density at radius 2 is 1.89 bits per heavy atom. The van der Waals surface area contributed by atoms with Crippen LogP contribution in [-0.2, 0) is 0 Å². The van der Waals surface area contributed by atoms with E-state index in [9.17, 15) is 8.78 Å². The van der Waals surface area contributed by atoms with Crippen LogP contribution in [0.1, 0.15) is 17.2 Å². The summed E-state index contributed by atoms with van der Waals surface area (Å²) in [5.41, 5.74) is 3.34. The van der Waals surface area contributed by atoms with Gasteiger partial charge in [0.05, 0.1) is 6.04 Å². The summed E-state index contributed by atoms with van der Waals surface area (Å²) in [6, 6.07) is 8.52. The Kier molecular flexibility index (Phi) is 4.72. The molecule has 2 aromatic carbocycles. The number of halogens is 4. The molecule has 2 nitrogen and oxygen atoms in total. The van der Waals surface area contributed by atoms with Crippen LogP contribution in [0.2, 0.25) is 5.02 Å². The van der Waals surface area contributed by atoms with Crippen LogP contribution in [0.15, 0.2) is 36.4 Å². The fraction of sp³-hybridized carbons (Fsp3) is 0.0769. The molecule has 3 N–H and O–H groups in total. The van der Waals surface area contributed by atoms with Gasteiger partial charge >= 0.3 is 0 Å². The van der Waals surface area contributed by atoms with Gasteiger partial charge in [0.2, 0.25) is 0 Å². The topological polar surface area (TPSA) is 38.0 Å². The third kappa shape index (κ3) is 3.05. The molecule has 6 heteroatoms. The lowest BCUT2D eigenvalue weighted by molar-refractivity contribution is 0.483. The van der Waals surface area contributed by atoms with Gasteiger partial charge in [0.15, 0.2) is 11.6 Å². The molecule has 1 atom stereocenters. The van der Waals surface area contributed by atoms with Gasteiger partial charge in [-0.15, -0.1) is 0 Å². The van der Waals surface area contributed by atoms with Gasteiger partial charge in [-0.05, 0) is 52.4 Å². The first kappa shape index (κ1) is 14.6. The van der Waals surface area contributed by atoms with Crippen LogP contribution in [0.25, 0.3) is 0 Å². The molecule has 0 spiro atoms. The smallest absolute Gasteiger partial charge is 0.163 e. The Balaban J connectivity index is 2.56. The van der Waals surface area contributed by atoms with Crippen LogP contribution in [0.4, 0.5) is 8.78 Å². The molecule has 0 radical (unpaired) electrons. The summed E-state index contributed by atoms with van der Waals surface area (Å²) in [7, 11) is 0. The summed E-state index contributed by atoms with van der Waals surface area (Å²) in [5.74, 6) is 3.67. The molecule has 0 heterocycles. The van der Waals surface area contributed by atoms with Crippen molar-refractivity contribution in [1.29, 1.82) is 0 Å². The molecular weight excluding hydrogens is 385 g/mol. The van der Waals surface area contributed by atoms with E-state index in [0.29, 0.717) is 10.6 Å². The molecule has 1 unspecified atom stereocenters. The largest absolute Gasteiger partial charge is 0.271 e. The molecule has 100 valence electrons. The van der Waals surface area contributed by atoms with Crippen molar-refractivity contribution in [2.75, 3.05) is 0 Å². The molecule has 0 saturated carbocycles. The highest BCUT2D eigenvalue weighted by molar-refractivity contribution is 14.1. The predicted octanol–water partition coefficient (Wildman–Crippen LogP) is 3.78. The van der Waals surface area contributed by atoms with Gasteiger partial charge in [-0.1, -0.05) is 23.7 Å². The van der Waals surface area contributed by atoms with E-state index in [1.54, 1.807) is 18.2 Å². The summed E-state index contributed by atoms with van der Waals surface area (Å²) in [6.07, 6.45) is 0. The second kappa shape index (κ2) is 6.13. The summed E-state index contributed by atoms with van der Waals surface area (Å²) >= 11 is 8.03. The molecule has 0 aliphatic carbocycles. The van der Waals surface area contributed by atoms with Gasteiger partial charge in [-0.25, -0.2) is 14.2 Å². The van der Waals surface area contributed by atoms with Crippen molar-refractivity contribution in [2.24, 2.45) is 5.84 Å². The minimum Gasteiger partial charge on any atom is -0.271 e. The standard InChI is InChI=1S/C13H10ClF2IN2/c14-7-4-5-11(17)9(6-7)13(19-18)8-2-1-3-10(15)12(8)16/h1-6,13,19H,18H2. The van der Waals surface area contributed by atoms with Crippen molar-refractivity contribution in [2.45, 2.75) is 6.04 Å². The predicted molar refractivity (Wildman–Crippen MR) is 79.7 cm³/mol. The Morgan fingerprint density at radius 1 is 1.16 bits per heavy atom. The highest BCUT2D eigenvalue weighted by Crippen LogP contribution is 2.30. The van der Waals surface area contributed by atoms with E-state index in [4.69, 9.17) is 17.4 Å². The number of hydrogen-bond donors (Lipinski definition) is 2. The van der Waals surface area contributed by atoms with Crippen molar-refractivity contribution < 1.29 is 8.78 Å². The number of rotatable bonds is 3. The maximum absolute atomic E-state index is 13.9. The Hall–Kier alpha value is -0.760. The highest BCUT2D eigenvalue weighted by atomic mass is 127. The number of hydrazine groups is 1. The van der Waals surface area contributed by atoms with Crippen LogP contribution < -0.4 is 11.3 Å². The van der Waals surface area contributed by atoms with Gasteiger partial charge in [-0.2, -0.15) is 0 Å². The zero-order valence-electron chi connectivity index (χ0n) is 9.63. The normalized spacial score (nSPS) is 12.5. The quantitative estimate of drug-likeness (QED) is 0.472. The van der Waals surface area contributed by atoms with Crippen molar-refractivity contribution in [3.05, 3.63) is 67.8 Å². The number of hydrogen-bond acceptors (Lipinski definition) is 2. The first-order valence-electron chi connectivity index (χ1n) is 5.39. The fourth-order valence-corrected chi connectivity index (χ4v) is 2.65. The highest BCUT2D eigenvalue weighted by Gasteiger charge is 2.21. The van der Waals surface area contributed by atoms with E-state index in [1.807, 2.05) is 0 Å². The molecule has 0 bridgehead atoms.